The third kappa shape index (κ3) is 4.04. The van der Waals surface area contributed by atoms with E-state index in [0.717, 1.165) is 16.7 Å². The summed E-state index contributed by atoms with van der Waals surface area (Å²) in [7, 11) is 0. The van der Waals surface area contributed by atoms with E-state index in [-0.39, 0.29) is 24.3 Å². The van der Waals surface area contributed by atoms with Gasteiger partial charge in [0, 0.05) is 16.8 Å². The van der Waals surface area contributed by atoms with Gasteiger partial charge in [0.05, 0.1) is 24.0 Å². The lowest BCUT2D eigenvalue weighted by molar-refractivity contribution is -0.308. The number of fused-ring (bicyclic) bond motifs is 2. The van der Waals surface area contributed by atoms with Crippen LogP contribution in [0.3, 0.4) is 0 Å². The minimum Gasteiger partial charge on any atom is -0.548 e. The van der Waals surface area contributed by atoms with Gasteiger partial charge in [-0.3, -0.25) is 4.79 Å². The molecule has 7 heteroatoms. The first kappa shape index (κ1) is 20.6. The zero-order valence-electron chi connectivity index (χ0n) is 17.2. The summed E-state index contributed by atoms with van der Waals surface area (Å²) in [5.41, 5.74) is 2.21. The van der Waals surface area contributed by atoms with Gasteiger partial charge in [0.25, 0.3) is 0 Å². The molecule has 0 spiro atoms. The monoisotopic (exact) mass is 398 g/mol. The quantitative estimate of drug-likeness (QED) is 0.638. The molecule has 0 bridgehead atoms. The summed E-state index contributed by atoms with van der Waals surface area (Å²) < 4.78 is 11.1. The molecule has 3 aromatic rings. The minimum absolute atomic E-state index is 0.0646. The molecule has 0 aliphatic rings. The van der Waals surface area contributed by atoms with E-state index in [1.54, 1.807) is 13.0 Å². The van der Waals surface area contributed by atoms with Crippen LogP contribution in [0.15, 0.2) is 25.8 Å². The highest BCUT2D eigenvalue weighted by molar-refractivity contribution is 5.97. The Bertz CT molecular complexity index is 1170. The van der Waals surface area contributed by atoms with E-state index in [4.69, 9.17) is 8.83 Å². The summed E-state index contributed by atoms with van der Waals surface area (Å²) >= 11 is 0. The first-order valence-corrected chi connectivity index (χ1v) is 9.54. The lowest BCUT2D eigenvalue weighted by Gasteiger charge is -2.21. The molecule has 1 amide bonds. The molecule has 0 saturated carbocycles. The van der Waals surface area contributed by atoms with E-state index in [2.05, 4.69) is 5.32 Å². The van der Waals surface area contributed by atoms with Gasteiger partial charge in [-0.1, -0.05) is 13.8 Å². The van der Waals surface area contributed by atoms with Crippen LogP contribution in [0.4, 0.5) is 0 Å². The van der Waals surface area contributed by atoms with Gasteiger partial charge in [0.2, 0.25) is 5.91 Å². The average Bonchev–Trinajstić information content (AvgIpc) is 2.90. The average molecular weight is 398 g/mol. The van der Waals surface area contributed by atoms with Gasteiger partial charge in [-0.25, -0.2) is 4.79 Å². The molecule has 0 aliphatic carbocycles. The maximum atomic E-state index is 12.5. The number of furan rings is 1. The van der Waals surface area contributed by atoms with E-state index in [1.165, 1.54) is 0 Å². The Morgan fingerprint density at radius 3 is 2.28 bits per heavy atom. The number of hydrogen-bond donors (Lipinski definition) is 1. The molecule has 2 aromatic heterocycles. The molecule has 2 heterocycles. The topological polar surface area (TPSA) is 113 Å². The number of aliphatic carboxylic acids is 1. The second kappa shape index (κ2) is 7.73. The number of hydrogen-bond acceptors (Lipinski definition) is 6. The van der Waals surface area contributed by atoms with Crippen LogP contribution in [0.5, 0.6) is 0 Å². The molecule has 3 rings (SSSR count). The summed E-state index contributed by atoms with van der Waals surface area (Å²) in [6.45, 7) is 9.27. The Hall–Kier alpha value is -3.09. The molecule has 0 fully saturated rings. The Kier molecular flexibility index (Phi) is 5.50. The number of carbonyl (C=O) groups excluding carboxylic acids is 2. The third-order valence-electron chi connectivity index (χ3n) is 5.25. The first-order valence-electron chi connectivity index (χ1n) is 9.54. The highest BCUT2D eigenvalue weighted by Crippen LogP contribution is 2.31. The molecule has 29 heavy (non-hydrogen) atoms. The molecule has 0 saturated heterocycles. The highest BCUT2D eigenvalue weighted by atomic mass is 16.4. The van der Waals surface area contributed by atoms with Crippen LogP contribution >= 0.6 is 0 Å². The van der Waals surface area contributed by atoms with Crippen molar-refractivity contribution in [2.24, 2.45) is 5.92 Å². The van der Waals surface area contributed by atoms with Gasteiger partial charge in [-0.15, -0.1) is 0 Å². The molecule has 0 aliphatic heterocycles. The summed E-state index contributed by atoms with van der Waals surface area (Å²) in [6.07, 6.45) is -0.0239. The van der Waals surface area contributed by atoms with Crippen molar-refractivity contribution < 1.29 is 23.5 Å². The van der Waals surface area contributed by atoms with E-state index in [1.807, 2.05) is 33.8 Å². The van der Waals surface area contributed by atoms with Crippen molar-refractivity contribution in [3.05, 3.63) is 45.0 Å². The molecule has 1 N–H and O–H groups in total. The largest absolute Gasteiger partial charge is 0.548 e. The Labute approximate surface area is 167 Å². The van der Waals surface area contributed by atoms with Gasteiger partial charge in [0.15, 0.2) is 0 Å². The van der Waals surface area contributed by atoms with E-state index in [9.17, 15) is 19.5 Å². The predicted octanol–water partition coefficient (Wildman–Crippen LogP) is 2.29. The fourth-order valence-corrected chi connectivity index (χ4v) is 3.52. The molecule has 7 nitrogen and oxygen atoms in total. The summed E-state index contributed by atoms with van der Waals surface area (Å²) in [6, 6.07) is 2.46. The Balaban J connectivity index is 1.97. The SMILES string of the molecule is Cc1oc2cc3oc(=O)c(CC(=O)N[C@@H](CC(C)C)C(=O)[O-])c(C)c3cc2c1C. The molecule has 1 atom stereocenters. The van der Waals surface area contributed by atoms with Crippen molar-refractivity contribution in [1.82, 2.24) is 5.32 Å². The van der Waals surface area contributed by atoms with Crippen molar-refractivity contribution >= 4 is 33.8 Å². The molecule has 0 radical (unpaired) electrons. The highest BCUT2D eigenvalue weighted by Gasteiger charge is 2.20. The number of carboxylic acid groups (broad SMARTS) is 1. The molecular formula is C22H24NO6-. The van der Waals surface area contributed by atoms with Crippen LogP contribution in [0.1, 0.15) is 42.7 Å². The second-order valence-corrected chi connectivity index (χ2v) is 7.87. The molecule has 0 unspecified atom stereocenters. The van der Waals surface area contributed by atoms with Gasteiger partial charge in [-0.05, 0) is 50.3 Å². The number of amides is 1. The van der Waals surface area contributed by atoms with Crippen molar-refractivity contribution in [1.29, 1.82) is 0 Å². The van der Waals surface area contributed by atoms with Crippen LogP contribution in [-0.2, 0) is 16.0 Å². The van der Waals surface area contributed by atoms with Crippen LogP contribution < -0.4 is 16.0 Å². The number of carboxylic acids is 1. The van der Waals surface area contributed by atoms with Crippen molar-refractivity contribution in [3.8, 4) is 0 Å². The minimum atomic E-state index is -1.34. The number of carbonyl (C=O) groups is 2. The van der Waals surface area contributed by atoms with Crippen LogP contribution in [-0.4, -0.2) is 17.9 Å². The fraction of sp³-hybridized carbons (Fsp3) is 0.409. The van der Waals surface area contributed by atoms with E-state index in [0.29, 0.717) is 22.1 Å². The summed E-state index contributed by atoms with van der Waals surface area (Å²) in [5, 5.41) is 15.3. The fourth-order valence-electron chi connectivity index (χ4n) is 3.52. The second-order valence-electron chi connectivity index (χ2n) is 7.87. The number of rotatable bonds is 6. The number of benzene rings is 1. The van der Waals surface area contributed by atoms with Crippen LogP contribution in [0, 0.1) is 26.7 Å². The number of aryl methyl sites for hydroxylation is 3. The first-order chi connectivity index (χ1) is 13.6. The smallest absolute Gasteiger partial charge is 0.340 e. The Morgan fingerprint density at radius 2 is 1.66 bits per heavy atom. The summed E-state index contributed by atoms with van der Waals surface area (Å²) in [4.78, 5) is 36.2. The molecular weight excluding hydrogens is 374 g/mol. The van der Waals surface area contributed by atoms with Crippen molar-refractivity contribution in [2.45, 2.75) is 53.5 Å². The third-order valence-corrected chi connectivity index (χ3v) is 5.25. The van der Waals surface area contributed by atoms with Crippen molar-refractivity contribution in [2.75, 3.05) is 0 Å². The lowest BCUT2D eigenvalue weighted by Crippen LogP contribution is -2.49. The normalized spacial score (nSPS) is 12.6. The van der Waals surface area contributed by atoms with Gasteiger partial charge >= 0.3 is 5.63 Å². The van der Waals surface area contributed by atoms with Crippen LogP contribution in [0.25, 0.3) is 21.9 Å². The zero-order valence-corrected chi connectivity index (χ0v) is 17.2. The maximum absolute atomic E-state index is 12.5. The predicted molar refractivity (Wildman–Crippen MR) is 107 cm³/mol. The van der Waals surface area contributed by atoms with E-state index >= 15 is 0 Å². The Morgan fingerprint density at radius 1 is 1.03 bits per heavy atom. The van der Waals surface area contributed by atoms with Gasteiger partial charge in [0.1, 0.15) is 16.9 Å². The molecule has 154 valence electrons. The summed E-state index contributed by atoms with van der Waals surface area (Å²) in [5.74, 6) is -1.06. The van der Waals surface area contributed by atoms with Gasteiger partial charge < -0.3 is 24.1 Å². The molecule has 1 aromatic carbocycles. The zero-order chi connectivity index (χ0) is 21.5. The standard InChI is InChI=1S/C22H25NO6/c1-10(2)6-17(21(25)26)23-20(24)8-16-12(4)15-7-14-11(3)13(5)28-18(14)9-19(15)29-22(16)27/h7,9-10,17H,6,8H2,1-5H3,(H,23,24)(H,25,26)/p-1/t17-/m0/s1. The van der Waals surface area contributed by atoms with Gasteiger partial charge in [-0.2, -0.15) is 0 Å². The van der Waals surface area contributed by atoms with E-state index < -0.39 is 23.5 Å². The van der Waals surface area contributed by atoms with Crippen molar-refractivity contribution in [3.63, 3.8) is 0 Å². The maximum Gasteiger partial charge on any atom is 0.340 e. The number of nitrogens with one attached hydrogen (secondary N) is 1. The lowest BCUT2D eigenvalue weighted by atomic mass is 10.0. The van der Waals surface area contributed by atoms with Crippen LogP contribution in [0.2, 0.25) is 0 Å².